The van der Waals surface area contributed by atoms with Gasteiger partial charge in [0.2, 0.25) is 17.7 Å². The third-order valence-electron chi connectivity index (χ3n) is 13.6. The maximum atomic E-state index is 15.0. The van der Waals surface area contributed by atoms with E-state index in [4.69, 9.17) is 19.2 Å². The standard InChI is InChI=1S/C55H92N8O10S/c1-12-14-15-17-27-63(53(68)49(39(7)13-2)61-51(67)45-19-16-18-26-62(45)11)46(37(3)4)33-47(73-40(8)64)52-60-44(36-74-52)50(66)59-43(34-55(9,10)54(69)70)32-41-20-22-42(23-21-41)58-35-48(65)57-25-29-72-31-30-71-28-24-56-38(5)6/h20-23,36-39,43,45-47,49,56,58H,12-19,24-35H2,1-11H3,(H,57,65)(H,59,66)(H,61,67)(H,69,70)/t39-,43-,45+,46+,47+,49-/m0/s1. The van der Waals surface area contributed by atoms with Crippen LogP contribution < -0.4 is 26.6 Å². The molecule has 0 unspecified atom stereocenters. The molecule has 1 aromatic carbocycles. The number of hydrogen-bond donors (Lipinski definition) is 6. The Bertz CT molecular complexity index is 2020. The molecule has 0 saturated carbocycles. The number of piperidine rings is 1. The van der Waals surface area contributed by atoms with E-state index in [1.54, 1.807) is 19.2 Å². The van der Waals surface area contributed by atoms with E-state index in [0.717, 1.165) is 63.6 Å². The molecule has 0 aliphatic carbocycles. The molecule has 1 saturated heterocycles. The molecule has 6 atom stereocenters. The van der Waals surface area contributed by atoms with E-state index in [-0.39, 0.29) is 60.7 Å². The van der Waals surface area contributed by atoms with Gasteiger partial charge in [0.15, 0.2) is 6.10 Å². The Morgan fingerprint density at radius 2 is 1.61 bits per heavy atom. The summed E-state index contributed by atoms with van der Waals surface area (Å²) in [5.74, 6) is -2.77. The van der Waals surface area contributed by atoms with E-state index in [0.29, 0.717) is 69.1 Å². The number of aliphatic carboxylic acids is 1. The number of amides is 4. The second-order valence-corrected chi connectivity index (χ2v) is 22.1. The summed E-state index contributed by atoms with van der Waals surface area (Å²) >= 11 is 1.18. The number of likely N-dealkylation sites (N-methyl/N-ethyl adjacent to an activating group) is 1. The van der Waals surface area contributed by atoms with Gasteiger partial charge in [-0.2, -0.15) is 0 Å². The lowest BCUT2D eigenvalue weighted by molar-refractivity contribution is -0.150. The SMILES string of the molecule is CCCCCCN(C(=O)[C@@H](NC(=O)[C@H]1CCCCN1C)[C@@H](C)CC)[C@H](C[C@@H](OC(C)=O)c1nc(C(=O)N[C@@H](Cc2ccc(NCC(=O)NCCOCCOCCNC(C)C)cc2)CC(C)(C)C(=O)O)cs1)C(C)C. The minimum Gasteiger partial charge on any atom is -0.481 e. The van der Waals surface area contributed by atoms with Gasteiger partial charge in [0.1, 0.15) is 16.7 Å². The second kappa shape index (κ2) is 33.4. The maximum Gasteiger partial charge on any atom is 0.309 e. The normalized spacial score (nSPS) is 16.2. The van der Waals surface area contributed by atoms with Crippen molar-refractivity contribution in [2.45, 2.75) is 176 Å². The van der Waals surface area contributed by atoms with Gasteiger partial charge in [-0.15, -0.1) is 11.3 Å². The molecule has 18 nitrogen and oxygen atoms in total. The van der Waals surface area contributed by atoms with Crippen LogP contribution in [0.2, 0.25) is 0 Å². The fraction of sp³-hybridized carbons (Fsp3) is 0.727. The van der Waals surface area contributed by atoms with Gasteiger partial charge in [-0.25, -0.2) is 4.98 Å². The van der Waals surface area contributed by atoms with Crippen molar-refractivity contribution in [1.29, 1.82) is 0 Å². The van der Waals surface area contributed by atoms with E-state index in [9.17, 15) is 33.9 Å². The van der Waals surface area contributed by atoms with Crippen LogP contribution in [0.15, 0.2) is 29.6 Å². The molecular weight excluding hydrogens is 965 g/mol. The van der Waals surface area contributed by atoms with Crippen molar-refractivity contribution >= 4 is 52.6 Å². The van der Waals surface area contributed by atoms with Crippen molar-refractivity contribution in [2.24, 2.45) is 17.3 Å². The average molecular weight is 1060 g/mol. The van der Waals surface area contributed by atoms with Gasteiger partial charge in [0.05, 0.1) is 44.4 Å². The van der Waals surface area contributed by atoms with Crippen LogP contribution in [0, 0.1) is 17.3 Å². The highest BCUT2D eigenvalue weighted by molar-refractivity contribution is 7.09. The zero-order chi connectivity index (χ0) is 54.8. The van der Waals surface area contributed by atoms with E-state index in [1.165, 1.54) is 18.3 Å². The molecule has 74 heavy (non-hydrogen) atoms. The van der Waals surface area contributed by atoms with Crippen molar-refractivity contribution in [1.82, 2.24) is 36.1 Å². The molecule has 1 aliphatic rings. The molecule has 0 bridgehead atoms. The Morgan fingerprint density at radius 1 is 0.919 bits per heavy atom. The summed E-state index contributed by atoms with van der Waals surface area (Å²) in [6.07, 6.45) is 6.87. The molecule has 19 heteroatoms. The smallest absolute Gasteiger partial charge is 0.309 e. The summed E-state index contributed by atoms with van der Waals surface area (Å²) in [6, 6.07) is 5.71. The van der Waals surface area contributed by atoms with Crippen molar-refractivity contribution in [3.05, 3.63) is 45.9 Å². The lowest BCUT2D eigenvalue weighted by Crippen LogP contribution is -2.59. The molecule has 2 aromatic rings. The number of benzene rings is 1. The van der Waals surface area contributed by atoms with Crippen molar-refractivity contribution in [2.75, 3.05) is 71.5 Å². The average Bonchev–Trinajstić information content (AvgIpc) is 3.85. The Morgan fingerprint density at radius 3 is 2.22 bits per heavy atom. The largest absolute Gasteiger partial charge is 0.481 e. The number of thiazole rings is 1. The number of carboxylic acid groups (broad SMARTS) is 1. The molecule has 0 spiro atoms. The van der Waals surface area contributed by atoms with Crippen LogP contribution in [0.1, 0.15) is 161 Å². The van der Waals surface area contributed by atoms with Gasteiger partial charge in [0, 0.05) is 62.2 Å². The van der Waals surface area contributed by atoms with Crippen LogP contribution in [0.25, 0.3) is 0 Å². The van der Waals surface area contributed by atoms with Crippen LogP contribution >= 0.6 is 11.3 Å². The first-order chi connectivity index (χ1) is 35.2. The van der Waals surface area contributed by atoms with Crippen molar-refractivity contribution in [3.8, 4) is 0 Å². The number of hydrogen-bond acceptors (Lipinski definition) is 14. The Kier molecular flexibility index (Phi) is 28.7. The van der Waals surface area contributed by atoms with Gasteiger partial charge in [-0.3, -0.25) is 33.7 Å². The summed E-state index contributed by atoms with van der Waals surface area (Å²) in [5.41, 5.74) is 0.452. The van der Waals surface area contributed by atoms with Gasteiger partial charge in [0.25, 0.3) is 5.91 Å². The summed E-state index contributed by atoms with van der Waals surface area (Å²) < 4.78 is 17.0. The van der Waals surface area contributed by atoms with Crippen LogP contribution in [0.4, 0.5) is 5.69 Å². The number of likely N-dealkylation sites (tertiary alicyclic amines) is 1. The summed E-state index contributed by atoms with van der Waals surface area (Å²) in [4.78, 5) is 89.2. The number of carbonyl (C=O) groups excluding carboxylic acids is 5. The minimum absolute atomic E-state index is 0.0507. The topological polar surface area (TPSA) is 230 Å². The van der Waals surface area contributed by atoms with Gasteiger partial charge >= 0.3 is 11.9 Å². The van der Waals surface area contributed by atoms with Gasteiger partial charge in [-0.1, -0.05) is 92.7 Å². The summed E-state index contributed by atoms with van der Waals surface area (Å²) in [7, 11) is 1.96. The molecule has 6 N–H and O–H groups in total. The molecular formula is C55H92N8O10S. The number of esters is 1. The Balaban J connectivity index is 1.75. The number of carbonyl (C=O) groups is 6. The molecule has 1 aromatic heterocycles. The summed E-state index contributed by atoms with van der Waals surface area (Å²) in [5, 5.41) is 27.5. The second-order valence-electron chi connectivity index (χ2n) is 21.2. The first-order valence-electron chi connectivity index (χ1n) is 27.1. The zero-order valence-electron chi connectivity index (χ0n) is 46.5. The number of unbranched alkanes of at least 4 members (excludes halogenated alkanes) is 3. The Hall–Kier alpha value is -4.69. The predicted octanol–water partition coefficient (Wildman–Crippen LogP) is 6.99. The fourth-order valence-corrected chi connectivity index (χ4v) is 9.85. The van der Waals surface area contributed by atoms with Gasteiger partial charge in [-0.05, 0) is 89.1 Å². The van der Waals surface area contributed by atoms with E-state index < -0.39 is 47.5 Å². The number of carboxylic acids is 1. The predicted molar refractivity (Wildman–Crippen MR) is 291 cm³/mol. The highest BCUT2D eigenvalue weighted by Gasteiger charge is 2.39. The number of nitrogens with one attached hydrogen (secondary N) is 5. The molecule has 1 aliphatic heterocycles. The van der Waals surface area contributed by atoms with E-state index in [1.807, 2.05) is 63.9 Å². The van der Waals surface area contributed by atoms with Gasteiger partial charge < -0.3 is 50.8 Å². The molecule has 1 fully saturated rings. The quantitative estimate of drug-likeness (QED) is 0.0299. The Labute approximate surface area is 446 Å². The van der Waals surface area contributed by atoms with Crippen LogP contribution in [-0.2, 0) is 44.6 Å². The first kappa shape index (κ1) is 63.6. The van der Waals surface area contributed by atoms with Crippen molar-refractivity contribution in [3.63, 3.8) is 0 Å². The highest BCUT2D eigenvalue weighted by Crippen LogP contribution is 2.33. The number of anilines is 1. The number of aromatic nitrogens is 1. The van der Waals surface area contributed by atoms with Crippen LogP contribution in [0.3, 0.4) is 0 Å². The fourth-order valence-electron chi connectivity index (χ4n) is 9.01. The molecule has 418 valence electrons. The molecule has 4 amide bonds. The van der Waals surface area contributed by atoms with E-state index >= 15 is 0 Å². The first-order valence-corrected chi connectivity index (χ1v) is 28.0. The lowest BCUT2D eigenvalue weighted by atomic mass is 9.84. The van der Waals surface area contributed by atoms with Crippen LogP contribution in [-0.4, -0.2) is 152 Å². The third kappa shape index (κ3) is 22.7. The number of rotatable bonds is 36. The number of nitrogens with zero attached hydrogens (tertiary/aromatic N) is 3. The molecule has 2 heterocycles. The summed E-state index contributed by atoms with van der Waals surface area (Å²) in [6.45, 7) is 23.3. The van der Waals surface area contributed by atoms with Crippen LogP contribution in [0.5, 0.6) is 0 Å². The monoisotopic (exact) mass is 1060 g/mol. The molecule has 3 rings (SSSR count). The zero-order valence-corrected chi connectivity index (χ0v) is 47.3. The third-order valence-corrected chi connectivity index (χ3v) is 14.6. The minimum atomic E-state index is -1.18. The van der Waals surface area contributed by atoms with E-state index in [2.05, 4.69) is 52.3 Å². The molecule has 0 radical (unpaired) electrons. The van der Waals surface area contributed by atoms with Crippen molar-refractivity contribution < 1.29 is 48.1 Å². The lowest BCUT2D eigenvalue weighted by Gasteiger charge is -2.40. The maximum absolute atomic E-state index is 15.0. The highest BCUT2D eigenvalue weighted by atomic mass is 32.1. The number of ether oxygens (including phenoxy) is 3.